The van der Waals surface area contributed by atoms with Crippen LogP contribution in [0.3, 0.4) is 0 Å². The van der Waals surface area contributed by atoms with Crippen LogP contribution in [0.25, 0.3) is 0 Å². The fraction of sp³-hybridized carbons (Fsp3) is 0.909. The van der Waals surface area contributed by atoms with Gasteiger partial charge in [-0.3, -0.25) is 9.89 Å². The highest BCUT2D eigenvalue weighted by Crippen LogP contribution is 2.10. The first-order valence-corrected chi connectivity index (χ1v) is 5.83. The molecule has 0 spiro atoms. The van der Waals surface area contributed by atoms with Gasteiger partial charge >= 0.3 is 0 Å². The van der Waals surface area contributed by atoms with E-state index in [1.54, 1.807) is 0 Å². The lowest BCUT2D eigenvalue weighted by molar-refractivity contribution is -0.0166. The zero-order valence-electron chi connectivity index (χ0n) is 10.8. The van der Waals surface area contributed by atoms with Crippen LogP contribution in [-0.4, -0.2) is 68.2 Å². The van der Waals surface area contributed by atoms with Crippen LogP contribution >= 0.6 is 0 Å². The summed E-state index contributed by atoms with van der Waals surface area (Å²) in [5.74, 6) is 0.591. The van der Waals surface area contributed by atoms with Gasteiger partial charge in [-0.2, -0.15) is 0 Å². The van der Waals surface area contributed by atoms with Crippen molar-refractivity contribution in [3.8, 4) is 0 Å². The van der Waals surface area contributed by atoms with Crippen LogP contribution in [0.4, 0.5) is 0 Å². The van der Waals surface area contributed by atoms with Gasteiger partial charge in [0.15, 0.2) is 5.96 Å². The van der Waals surface area contributed by atoms with E-state index in [0.29, 0.717) is 18.0 Å². The molecule has 0 bridgehead atoms. The van der Waals surface area contributed by atoms with E-state index in [-0.39, 0.29) is 0 Å². The second-order valence-corrected chi connectivity index (χ2v) is 4.60. The van der Waals surface area contributed by atoms with Crippen molar-refractivity contribution in [1.29, 1.82) is 0 Å². The molecule has 1 heterocycles. The molecule has 1 aliphatic heterocycles. The first-order valence-electron chi connectivity index (χ1n) is 5.83. The Kier molecular flexibility index (Phi) is 5.02. The van der Waals surface area contributed by atoms with Gasteiger partial charge in [-0.25, -0.2) is 0 Å². The number of ether oxygens (including phenoxy) is 1. The smallest absolute Gasteiger partial charge is 0.190 e. The Hall–Kier alpha value is -0.810. The van der Waals surface area contributed by atoms with Gasteiger partial charge in [0.25, 0.3) is 0 Å². The normalized spacial score (nSPS) is 25.5. The summed E-state index contributed by atoms with van der Waals surface area (Å²) in [7, 11) is 3.81. The maximum absolute atomic E-state index is 5.76. The summed E-state index contributed by atoms with van der Waals surface area (Å²) in [6.07, 6.45) is 0. The van der Waals surface area contributed by atoms with Crippen molar-refractivity contribution in [3.05, 3.63) is 0 Å². The molecule has 1 fully saturated rings. The van der Waals surface area contributed by atoms with E-state index in [1.165, 1.54) is 0 Å². The molecule has 0 radical (unpaired) electrons. The largest absolute Gasteiger partial charge is 0.379 e. The zero-order chi connectivity index (χ0) is 12.1. The third-order valence-electron chi connectivity index (χ3n) is 2.96. The van der Waals surface area contributed by atoms with Gasteiger partial charge in [-0.1, -0.05) is 0 Å². The van der Waals surface area contributed by atoms with Gasteiger partial charge in [0.2, 0.25) is 0 Å². The van der Waals surface area contributed by atoms with Crippen molar-refractivity contribution < 1.29 is 4.74 Å². The minimum absolute atomic E-state index is 0.414. The molecule has 1 rings (SSSR count). The van der Waals surface area contributed by atoms with Crippen LogP contribution in [0.2, 0.25) is 0 Å². The number of nitrogens with zero attached hydrogens (tertiary/aromatic N) is 3. The van der Waals surface area contributed by atoms with E-state index in [0.717, 1.165) is 26.3 Å². The molecule has 0 amide bonds. The molecule has 94 valence electrons. The van der Waals surface area contributed by atoms with E-state index in [2.05, 4.69) is 23.7 Å². The predicted molar refractivity (Wildman–Crippen MR) is 66.6 cm³/mol. The number of rotatable bonds is 3. The second-order valence-electron chi connectivity index (χ2n) is 4.60. The lowest BCUT2D eigenvalue weighted by Crippen LogP contribution is -2.49. The molecule has 1 saturated heterocycles. The third-order valence-corrected chi connectivity index (χ3v) is 2.96. The molecule has 16 heavy (non-hydrogen) atoms. The maximum Gasteiger partial charge on any atom is 0.190 e. The van der Waals surface area contributed by atoms with E-state index in [4.69, 9.17) is 10.5 Å². The number of morpholine rings is 1. The highest BCUT2D eigenvalue weighted by molar-refractivity contribution is 5.77. The third kappa shape index (κ3) is 3.64. The first-order chi connectivity index (χ1) is 7.52. The fourth-order valence-electron chi connectivity index (χ4n) is 1.87. The van der Waals surface area contributed by atoms with Crippen LogP contribution in [0.15, 0.2) is 4.99 Å². The summed E-state index contributed by atoms with van der Waals surface area (Å²) in [5.41, 5.74) is 5.76. The van der Waals surface area contributed by atoms with Crippen LogP contribution in [0.5, 0.6) is 0 Å². The van der Waals surface area contributed by atoms with E-state index < -0.39 is 0 Å². The van der Waals surface area contributed by atoms with E-state index in [1.807, 2.05) is 19.0 Å². The van der Waals surface area contributed by atoms with Crippen molar-refractivity contribution in [2.24, 2.45) is 10.7 Å². The summed E-state index contributed by atoms with van der Waals surface area (Å²) in [5, 5.41) is 0. The molecule has 0 aliphatic carbocycles. The van der Waals surface area contributed by atoms with Gasteiger partial charge in [-0.15, -0.1) is 0 Å². The molecule has 1 aliphatic rings. The Bertz CT molecular complexity index is 242. The highest BCUT2D eigenvalue weighted by atomic mass is 16.5. The second kappa shape index (κ2) is 6.06. The van der Waals surface area contributed by atoms with Crippen molar-refractivity contribution in [1.82, 2.24) is 9.80 Å². The van der Waals surface area contributed by atoms with Crippen molar-refractivity contribution in [2.45, 2.75) is 25.9 Å². The molecule has 5 nitrogen and oxygen atoms in total. The number of hydrogen-bond acceptors (Lipinski definition) is 3. The average Bonchev–Trinajstić information content (AvgIpc) is 2.25. The molecular weight excluding hydrogens is 204 g/mol. The van der Waals surface area contributed by atoms with E-state index >= 15 is 0 Å². The monoisotopic (exact) mass is 228 g/mol. The zero-order valence-corrected chi connectivity index (χ0v) is 10.8. The first kappa shape index (κ1) is 13.3. The Morgan fingerprint density at radius 3 is 2.88 bits per heavy atom. The molecule has 0 saturated carbocycles. The Morgan fingerprint density at radius 2 is 2.31 bits per heavy atom. The average molecular weight is 228 g/mol. The molecule has 0 aromatic carbocycles. The van der Waals surface area contributed by atoms with Crippen molar-refractivity contribution >= 4 is 5.96 Å². The van der Waals surface area contributed by atoms with Gasteiger partial charge in [0, 0.05) is 32.7 Å². The predicted octanol–water partition coefficient (Wildman–Crippen LogP) is -0.0281. The lowest BCUT2D eigenvalue weighted by atomic mass is 10.2. The molecule has 5 heteroatoms. The summed E-state index contributed by atoms with van der Waals surface area (Å²) < 4.78 is 5.42. The van der Waals surface area contributed by atoms with Gasteiger partial charge in [0.05, 0.1) is 19.8 Å². The highest BCUT2D eigenvalue weighted by Gasteiger charge is 2.23. The SMILES string of the molecule is C[C@H](CN=C(N)N(C)C)N1CCOC[C@H]1C. The van der Waals surface area contributed by atoms with Gasteiger partial charge in [-0.05, 0) is 13.8 Å². The molecule has 0 aromatic rings. The standard InChI is InChI=1S/C11H24N4O/c1-9(7-13-11(12)14(3)4)15-5-6-16-8-10(15)2/h9-10H,5-8H2,1-4H3,(H2,12,13)/t9-,10-/m1/s1. The minimum Gasteiger partial charge on any atom is -0.379 e. The topological polar surface area (TPSA) is 54.1 Å². The summed E-state index contributed by atoms with van der Waals surface area (Å²) >= 11 is 0. The summed E-state index contributed by atoms with van der Waals surface area (Å²) in [4.78, 5) is 8.63. The molecule has 2 atom stereocenters. The fourth-order valence-corrected chi connectivity index (χ4v) is 1.87. The Labute approximate surface area is 98.3 Å². The van der Waals surface area contributed by atoms with E-state index in [9.17, 15) is 0 Å². The van der Waals surface area contributed by atoms with Crippen LogP contribution in [-0.2, 0) is 4.74 Å². The number of hydrogen-bond donors (Lipinski definition) is 1. The van der Waals surface area contributed by atoms with Crippen molar-refractivity contribution in [3.63, 3.8) is 0 Å². The minimum atomic E-state index is 0.414. The van der Waals surface area contributed by atoms with Crippen LogP contribution in [0.1, 0.15) is 13.8 Å². The maximum atomic E-state index is 5.76. The van der Waals surface area contributed by atoms with Crippen LogP contribution in [0, 0.1) is 0 Å². The number of nitrogens with two attached hydrogens (primary N) is 1. The number of guanidine groups is 1. The lowest BCUT2D eigenvalue weighted by Gasteiger charge is -2.37. The summed E-state index contributed by atoms with van der Waals surface area (Å²) in [6.45, 7) is 7.75. The molecule has 0 aromatic heterocycles. The van der Waals surface area contributed by atoms with Gasteiger partial charge < -0.3 is 15.4 Å². The Morgan fingerprint density at radius 1 is 1.62 bits per heavy atom. The summed E-state index contributed by atoms with van der Waals surface area (Å²) in [6, 6.07) is 0.886. The molecular formula is C11H24N4O. The molecule has 0 unspecified atom stereocenters. The van der Waals surface area contributed by atoms with Crippen LogP contribution < -0.4 is 5.73 Å². The Balaban J connectivity index is 2.44. The molecule has 2 N–H and O–H groups in total. The quantitative estimate of drug-likeness (QED) is 0.544. The van der Waals surface area contributed by atoms with Crippen molar-refractivity contribution in [2.75, 3.05) is 40.4 Å². The van der Waals surface area contributed by atoms with Gasteiger partial charge in [0.1, 0.15) is 0 Å². The number of aliphatic imine (C=N–C) groups is 1.